The summed E-state index contributed by atoms with van der Waals surface area (Å²) in [5.41, 5.74) is 5.22. The third kappa shape index (κ3) is 5.26. The first kappa shape index (κ1) is 25.3. The number of fused-ring (bicyclic) bond motifs is 2. The molecule has 0 aliphatic carbocycles. The average molecular weight is 569 g/mol. The second kappa shape index (κ2) is 10.7. The summed E-state index contributed by atoms with van der Waals surface area (Å²) < 4.78 is 13.0. The Morgan fingerprint density at radius 1 is 0.976 bits per heavy atom. The van der Waals surface area contributed by atoms with Crippen LogP contribution in [0.2, 0.25) is 0 Å². The van der Waals surface area contributed by atoms with Crippen molar-refractivity contribution in [1.82, 2.24) is 24.4 Å². The van der Waals surface area contributed by atoms with Crippen LogP contribution in [0.5, 0.6) is 11.5 Å². The number of anilines is 4. The lowest BCUT2D eigenvalue weighted by Gasteiger charge is -2.34. The zero-order chi connectivity index (χ0) is 27.8. The fraction of sp³-hybridized carbons (Fsp3) is 0.241. The smallest absolute Gasteiger partial charge is 0.231 e. The fourth-order valence-electron chi connectivity index (χ4n) is 5.08. The lowest BCUT2D eigenvalue weighted by molar-refractivity contribution is -0.114. The molecule has 11 nitrogen and oxygen atoms in total. The molecule has 2 N–H and O–H groups in total. The van der Waals surface area contributed by atoms with Gasteiger partial charge in [-0.15, -0.1) is 0 Å². The standard InChI is InChI=1S/C29H28N8O3S/c1-19(38)31-21-3-5-22(6-4-21)32-27-26-28(37(17-30-26)23-8-13-41-16-23)34-29(33-27)36-11-9-35(10-12-36)15-20-2-7-24-25(14-20)40-18-39-24/h2-8,13-14,16-17H,9-12,15,18H2,1H3,(H,31,38)(H,32,33,34). The Hall–Kier alpha value is -4.68. The van der Waals surface area contributed by atoms with Crippen LogP contribution < -0.4 is 25.0 Å². The predicted molar refractivity (Wildman–Crippen MR) is 159 cm³/mol. The number of nitrogens with one attached hydrogen (secondary N) is 2. The van der Waals surface area contributed by atoms with Crippen LogP contribution in [0.25, 0.3) is 16.9 Å². The van der Waals surface area contributed by atoms with Gasteiger partial charge in [0.1, 0.15) is 6.33 Å². The first-order valence-electron chi connectivity index (χ1n) is 13.4. The molecular formula is C29H28N8O3S. The third-order valence-corrected chi connectivity index (χ3v) is 7.81. The van der Waals surface area contributed by atoms with Crippen LogP contribution in [0.1, 0.15) is 12.5 Å². The van der Waals surface area contributed by atoms with E-state index in [9.17, 15) is 4.79 Å². The van der Waals surface area contributed by atoms with E-state index < -0.39 is 0 Å². The molecule has 1 saturated heterocycles. The maximum Gasteiger partial charge on any atom is 0.231 e. The van der Waals surface area contributed by atoms with Gasteiger partial charge in [-0.25, -0.2) is 4.98 Å². The Morgan fingerprint density at radius 2 is 1.78 bits per heavy atom. The molecule has 0 spiro atoms. The van der Waals surface area contributed by atoms with Crippen LogP contribution in [0.15, 0.2) is 65.6 Å². The Labute approximate surface area is 240 Å². The van der Waals surface area contributed by atoms with E-state index in [1.54, 1.807) is 17.7 Å². The summed E-state index contributed by atoms with van der Waals surface area (Å²) >= 11 is 1.63. The van der Waals surface area contributed by atoms with Gasteiger partial charge in [0.15, 0.2) is 28.5 Å². The van der Waals surface area contributed by atoms with Crippen molar-refractivity contribution in [3.63, 3.8) is 0 Å². The van der Waals surface area contributed by atoms with Gasteiger partial charge in [0.05, 0.1) is 5.69 Å². The lowest BCUT2D eigenvalue weighted by Crippen LogP contribution is -2.46. The molecule has 7 rings (SSSR count). The monoisotopic (exact) mass is 568 g/mol. The Balaban J connectivity index is 1.13. The second-order valence-corrected chi connectivity index (χ2v) is 10.8. The van der Waals surface area contributed by atoms with Crippen molar-refractivity contribution < 1.29 is 14.3 Å². The van der Waals surface area contributed by atoms with Crippen molar-refractivity contribution in [2.75, 3.05) is 48.5 Å². The highest BCUT2D eigenvalue weighted by Gasteiger charge is 2.23. The molecule has 12 heteroatoms. The summed E-state index contributed by atoms with van der Waals surface area (Å²) in [5.74, 6) is 2.81. The summed E-state index contributed by atoms with van der Waals surface area (Å²) in [6.45, 7) is 5.98. The van der Waals surface area contributed by atoms with E-state index in [0.717, 1.165) is 66.9 Å². The van der Waals surface area contributed by atoms with Gasteiger partial charge in [-0.3, -0.25) is 14.3 Å². The molecule has 0 bridgehead atoms. The molecule has 2 aromatic carbocycles. The summed E-state index contributed by atoms with van der Waals surface area (Å²) in [7, 11) is 0. The minimum atomic E-state index is -0.109. The minimum Gasteiger partial charge on any atom is -0.454 e. The van der Waals surface area contributed by atoms with Crippen LogP contribution >= 0.6 is 11.3 Å². The number of aromatic nitrogens is 4. The van der Waals surface area contributed by atoms with Crippen LogP contribution in [0.3, 0.4) is 0 Å². The summed E-state index contributed by atoms with van der Waals surface area (Å²) in [6, 6.07) is 15.7. The normalized spacial score (nSPS) is 14.9. The Kier molecular flexibility index (Phi) is 6.61. The van der Waals surface area contributed by atoms with E-state index in [4.69, 9.17) is 19.4 Å². The van der Waals surface area contributed by atoms with E-state index in [1.165, 1.54) is 12.5 Å². The van der Waals surface area contributed by atoms with E-state index in [1.807, 2.05) is 40.3 Å². The zero-order valence-corrected chi connectivity index (χ0v) is 23.2. The van der Waals surface area contributed by atoms with Crippen molar-refractivity contribution in [3.8, 4) is 17.2 Å². The quantitative estimate of drug-likeness (QED) is 0.290. The van der Waals surface area contributed by atoms with E-state index >= 15 is 0 Å². The largest absolute Gasteiger partial charge is 0.454 e. The SMILES string of the molecule is CC(=O)Nc1ccc(Nc2nc(N3CCN(Cc4ccc5c(c4)OCO5)CC3)nc3c2ncn3-c2ccsc2)cc1. The van der Waals surface area contributed by atoms with Gasteiger partial charge in [0, 0.05) is 56.4 Å². The number of carbonyl (C=O) groups is 1. The third-order valence-electron chi connectivity index (χ3n) is 7.13. The molecule has 1 amide bonds. The topological polar surface area (TPSA) is 110 Å². The second-order valence-electron chi connectivity index (χ2n) is 9.97. The van der Waals surface area contributed by atoms with Gasteiger partial charge >= 0.3 is 0 Å². The number of nitrogens with zero attached hydrogens (tertiary/aromatic N) is 6. The van der Waals surface area contributed by atoms with Crippen molar-refractivity contribution >= 4 is 51.5 Å². The molecule has 0 saturated carbocycles. The average Bonchev–Trinajstić information content (AvgIpc) is 3.75. The zero-order valence-electron chi connectivity index (χ0n) is 22.4. The van der Waals surface area contributed by atoms with Crippen molar-refractivity contribution in [2.45, 2.75) is 13.5 Å². The predicted octanol–water partition coefficient (Wildman–Crippen LogP) is 4.63. The van der Waals surface area contributed by atoms with Crippen LogP contribution in [-0.2, 0) is 11.3 Å². The highest BCUT2D eigenvalue weighted by atomic mass is 32.1. The van der Waals surface area contributed by atoms with Crippen LogP contribution in [0.4, 0.5) is 23.1 Å². The molecule has 41 heavy (non-hydrogen) atoms. The summed E-state index contributed by atoms with van der Waals surface area (Å²) in [6.07, 6.45) is 1.79. The van der Waals surface area contributed by atoms with E-state index in [0.29, 0.717) is 17.3 Å². The number of carbonyl (C=O) groups excluding carboxylic acids is 1. The van der Waals surface area contributed by atoms with Gasteiger partial charge in [-0.1, -0.05) is 6.07 Å². The maximum atomic E-state index is 11.4. The van der Waals surface area contributed by atoms with Gasteiger partial charge in [0.25, 0.3) is 0 Å². The van der Waals surface area contributed by atoms with Crippen LogP contribution in [0, 0.1) is 0 Å². The number of amides is 1. The molecule has 0 radical (unpaired) electrons. The molecule has 208 valence electrons. The van der Waals surface area contributed by atoms with Gasteiger partial charge in [-0.05, 0) is 53.4 Å². The summed E-state index contributed by atoms with van der Waals surface area (Å²) in [4.78, 5) is 30.7. The molecule has 5 heterocycles. The molecule has 3 aromatic heterocycles. The molecule has 0 unspecified atom stereocenters. The highest BCUT2D eigenvalue weighted by Crippen LogP contribution is 2.33. The molecule has 2 aliphatic heterocycles. The van der Waals surface area contributed by atoms with Gasteiger partial charge < -0.3 is 25.0 Å². The molecule has 5 aromatic rings. The maximum absolute atomic E-state index is 11.4. The molecular weight excluding hydrogens is 540 g/mol. The van der Waals surface area contributed by atoms with Gasteiger partial charge in [-0.2, -0.15) is 21.3 Å². The number of hydrogen-bond donors (Lipinski definition) is 2. The Morgan fingerprint density at radius 3 is 2.56 bits per heavy atom. The number of thiophene rings is 1. The number of hydrogen-bond acceptors (Lipinski definition) is 10. The minimum absolute atomic E-state index is 0.109. The number of ether oxygens (including phenoxy) is 2. The molecule has 1 fully saturated rings. The lowest BCUT2D eigenvalue weighted by atomic mass is 10.1. The highest BCUT2D eigenvalue weighted by molar-refractivity contribution is 7.08. The Bertz CT molecular complexity index is 1700. The molecule has 2 aliphatic rings. The van der Waals surface area contributed by atoms with Gasteiger partial charge in [0.2, 0.25) is 18.6 Å². The van der Waals surface area contributed by atoms with Crippen LogP contribution in [-0.4, -0.2) is 63.3 Å². The summed E-state index contributed by atoms with van der Waals surface area (Å²) in [5, 5.41) is 10.3. The van der Waals surface area contributed by atoms with Crippen molar-refractivity contribution in [2.24, 2.45) is 0 Å². The first-order chi connectivity index (χ1) is 20.1. The first-order valence-corrected chi connectivity index (χ1v) is 14.3. The van der Waals surface area contributed by atoms with Crippen molar-refractivity contribution in [1.29, 1.82) is 0 Å². The number of benzene rings is 2. The number of rotatable bonds is 7. The fourth-order valence-corrected chi connectivity index (χ4v) is 5.71. The van der Waals surface area contributed by atoms with Crippen molar-refractivity contribution in [3.05, 3.63) is 71.2 Å². The number of imidazole rings is 1. The number of piperazine rings is 1. The molecule has 0 atom stereocenters. The van der Waals surface area contributed by atoms with E-state index in [-0.39, 0.29) is 12.7 Å². The van der Waals surface area contributed by atoms with E-state index in [2.05, 4.69) is 49.0 Å².